The zero-order valence-corrected chi connectivity index (χ0v) is 12.5. The van der Waals surface area contributed by atoms with E-state index < -0.39 is 17.4 Å². The summed E-state index contributed by atoms with van der Waals surface area (Å²) in [5.41, 5.74) is -0.988. The minimum atomic E-state index is -4.67. The molecule has 9 heteroatoms. The highest BCUT2D eigenvalue weighted by Gasteiger charge is 2.38. The molecule has 4 aromatic rings. The van der Waals surface area contributed by atoms with Crippen LogP contribution in [0, 0.1) is 0 Å². The van der Waals surface area contributed by atoms with Gasteiger partial charge in [0.15, 0.2) is 5.65 Å². The summed E-state index contributed by atoms with van der Waals surface area (Å²) in [6.45, 7) is 0. The predicted molar refractivity (Wildman–Crippen MR) is 83.8 cm³/mol. The van der Waals surface area contributed by atoms with Crippen LogP contribution in [0.4, 0.5) is 13.2 Å². The van der Waals surface area contributed by atoms with Gasteiger partial charge >= 0.3 is 6.18 Å². The second-order valence-corrected chi connectivity index (χ2v) is 5.33. The summed E-state index contributed by atoms with van der Waals surface area (Å²) in [5.74, 6) is 0. The maximum absolute atomic E-state index is 13.5. The maximum atomic E-state index is 13.5. The average molecular weight is 345 g/mol. The summed E-state index contributed by atoms with van der Waals surface area (Å²) in [6.07, 6.45) is -3.20. The standard InChI is InChI=1S/C16H10F3N5O/c17-16(18,19)14-13(9-4-2-1-3-5-9)15-21-11(10-6-7-20-22-10)8-12(25)24(15)23-14/h1-8,23H,(H,20,22). The molecule has 0 saturated carbocycles. The van der Waals surface area contributed by atoms with Gasteiger partial charge in [-0.05, 0) is 11.6 Å². The van der Waals surface area contributed by atoms with Crippen LogP contribution in [0.5, 0.6) is 0 Å². The molecular weight excluding hydrogens is 335 g/mol. The van der Waals surface area contributed by atoms with Crippen LogP contribution in [0.2, 0.25) is 0 Å². The smallest absolute Gasteiger partial charge is 0.284 e. The first-order valence-corrected chi connectivity index (χ1v) is 7.23. The van der Waals surface area contributed by atoms with E-state index in [0.29, 0.717) is 11.3 Å². The van der Waals surface area contributed by atoms with Crippen LogP contribution >= 0.6 is 0 Å². The van der Waals surface area contributed by atoms with Gasteiger partial charge in [-0.15, -0.1) is 0 Å². The van der Waals surface area contributed by atoms with Crippen LogP contribution in [0.1, 0.15) is 5.69 Å². The zero-order chi connectivity index (χ0) is 17.6. The Balaban J connectivity index is 2.10. The van der Waals surface area contributed by atoms with Crippen molar-refractivity contribution in [3.05, 3.63) is 64.7 Å². The molecule has 0 saturated heterocycles. The Hall–Kier alpha value is -3.36. The van der Waals surface area contributed by atoms with Gasteiger partial charge < -0.3 is 0 Å². The number of aromatic amines is 2. The van der Waals surface area contributed by atoms with E-state index in [1.165, 1.54) is 18.3 Å². The highest BCUT2D eigenvalue weighted by molar-refractivity contribution is 5.81. The largest absolute Gasteiger partial charge is 0.433 e. The first-order valence-electron chi connectivity index (χ1n) is 7.23. The summed E-state index contributed by atoms with van der Waals surface area (Å²) in [7, 11) is 0. The molecule has 0 spiro atoms. The number of alkyl halides is 3. The Kier molecular flexibility index (Phi) is 3.24. The Labute approximate surface area is 137 Å². The van der Waals surface area contributed by atoms with Gasteiger partial charge in [0.25, 0.3) is 5.56 Å². The Morgan fingerprint density at radius 3 is 2.48 bits per heavy atom. The Morgan fingerprint density at radius 1 is 1.08 bits per heavy atom. The van der Waals surface area contributed by atoms with Gasteiger partial charge in [-0.2, -0.15) is 18.3 Å². The molecule has 3 heterocycles. The topological polar surface area (TPSA) is 78.8 Å². The van der Waals surface area contributed by atoms with Crippen LogP contribution in [-0.2, 0) is 6.18 Å². The molecule has 0 amide bonds. The molecule has 4 rings (SSSR count). The fourth-order valence-corrected chi connectivity index (χ4v) is 2.66. The van der Waals surface area contributed by atoms with Gasteiger partial charge in [-0.1, -0.05) is 30.3 Å². The van der Waals surface area contributed by atoms with Gasteiger partial charge in [0, 0.05) is 12.3 Å². The SMILES string of the molecule is O=c1cc(-c2ccn[nH]2)nc2c(-c3ccccc3)c(C(F)(F)F)[nH]n12. The monoisotopic (exact) mass is 345 g/mol. The van der Waals surface area contributed by atoms with Gasteiger partial charge in [-0.25, -0.2) is 9.50 Å². The summed E-state index contributed by atoms with van der Waals surface area (Å²) in [5, 5.41) is 8.55. The second kappa shape index (κ2) is 5.33. The third-order valence-electron chi connectivity index (χ3n) is 3.74. The minimum Gasteiger partial charge on any atom is -0.284 e. The number of aromatic nitrogens is 5. The first kappa shape index (κ1) is 15.2. The number of nitrogens with one attached hydrogen (secondary N) is 2. The number of hydrogen-bond donors (Lipinski definition) is 2. The molecular formula is C16H10F3N5O. The third kappa shape index (κ3) is 2.49. The molecule has 0 bridgehead atoms. The summed E-state index contributed by atoms with van der Waals surface area (Å²) < 4.78 is 41.3. The lowest BCUT2D eigenvalue weighted by Crippen LogP contribution is -2.15. The Morgan fingerprint density at radius 2 is 1.84 bits per heavy atom. The van der Waals surface area contributed by atoms with Crippen molar-refractivity contribution in [2.45, 2.75) is 6.18 Å². The summed E-state index contributed by atoms with van der Waals surface area (Å²) in [4.78, 5) is 16.6. The molecule has 0 aliphatic carbocycles. The lowest BCUT2D eigenvalue weighted by Gasteiger charge is -2.07. The van der Waals surface area contributed by atoms with Crippen molar-refractivity contribution >= 4 is 5.65 Å². The number of benzene rings is 1. The van der Waals surface area contributed by atoms with E-state index in [9.17, 15) is 18.0 Å². The quantitative estimate of drug-likeness (QED) is 0.586. The molecule has 3 aromatic heterocycles. The van der Waals surface area contributed by atoms with Crippen molar-refractivity contribution < 1.29 is 13.2 Å². The fourth-order valence-electron chi connectivity index (χ4n) is 2.66. The van der Waals surface area contributed by atoms with Gasteiger partial charge in [-0.3, -0.25) is 15.0 Å². The number of hydrogen-bond acceptors (Lipinski definition) is 3. The van der Waals surface area contributed by atoms with Crippen LogP contribution in [0.15, 0.2) is 53.5 Å². The lowest BCUT2D eigenvalue weighted by molar-refractivity contribution is -0.140. The van der Waals surface area contributed by atoms with E-state index in [1.54, 1.807) is 24.3 Å². The number of nitrogens with zero attached hydrogens (tertiary/aromatic N) is 3. The molecule has 0 aliphatic rings. The molecule has 126 valence electrons. The Bertz CT molecular complexity index is 1090. The maximum Gasteiger partial charge on any atom is 0.433 e. The predicted octanol–water partition coefficient (Wildman–Crippen LogP) is 3.10. The van der Waals surface area contributed by atoms with Crippen LogP contribution in [0.3, 0.4) is 0 Å². The van der Waals surface area contributed by atoms with E-state index >= 15 is 0 Å². The number of H-pyrrole nitrogens is 2. The van der Waals surface area contributed by atoms with Crippen molar-refractivity contribution in [3.63, 3.8) is 0 Å². The van der Waals surface area contributed by atoms with Crippen molar-refractivity contribution in [1.29, 1.82) is 0 Å². The first-order chi connectivity index (χ1) is 11.9. The third-order valence-corrected chi connectivity index (χ3v) is 3.74. The van der Waals surface area contributed by atoms with Crippen molar-refractivity contribution in [1.82, 2.24) is 24.8 Å². The molecule has 0 atom stereocenters. The van der Waals surface area contributed by atoms with Crippen LogP contribution < -0.4 is 5.56 Å². The van der Waals surface area contributed by atoms with Crippen LogP contribution in [0.25, 0.3) is 28.2 Å². The van der Waals surface area contributed by atoms with Crippen LogP contribution in [-0.4, -0.2) is 24.8 Å². The highest BCUT2D eigenvalue weighted by atomic mass is 19.4. The number of halogens is 3. The van der Waals surface area contributed by atoms with Gasteiger partial charge in [0.05, 0.1) is 17.0 Å². The average Bonchev–Trinajstić information content (AvgIpc) is 3.23. The molecule has 0 fully saturated rings. The van der Waals surface area contributed by atoms with Crippen molar-refractivity contribution in [2.75, 3.05) is 0 Å². The van der Waals surface area contributed by atoms with Crippen molar-refractivity contribution in [2.24, 2.45) is 0 Å². The molecule has 6 nitrogen and oxygen atoms in total. The fraction of sp³-hybridized carbons (Fsp3) is 0.0625. The van der Waals surface area contributed by atoms with E-state index in [0.717, 1.165) is 10.6 Å². The van der Waals surface area contributed by atoms with E-state index in [4.69, 9.17) is 0 Å². The molecule has 0 aliphatic heterocycles. The van der Waals surface area contributed by atoms with E-state index in [2.05, 4.69) is 20.3 Å². The zero-order valence-electron chi connectivity index (χ0n) is 12.5. The molecule has 2 N–H and O–H groups in total. The number of fused-ring (bicyclic) bond motifs is 1. The van der Waals surface area contributed by atoms with E-state index in [-0.39, 0.29) is 16.9 Å². The minimum absolute atomic E-state index is 0.101. The molecule has 25 heavy (non-hydrogen) atoms. The normalized spacial score (nSPS) is 12.0. The molecule has 0 unspecified atom stereocenters. The lowest BCUT2D eigenvalue weighted by atomic mass is 10.1. The number of rotatable bonds is 2. The summed E-state index contributed by atoms with van der Waals surface area (Å²) in [6, 6.07) is 10.7. The van der Waals surface area contributed by atoms with E-state index in [1.807, 2.05) is 0 Å². The molecule has 1 aromatic carbocycles. The summed E-state index contributed by atoms with van der Waals surface area (Å²) >= 11 is 0. The molecule has 0 radical (unpaired) electrons. The highest BCUT2D eigenvalue weighted by Crippen LogP contribution is 2.38. The van der Waals surface area contributed by atoms with Gasteiger partial charge in [0.1, 0.15) is 5.69 Å². The van der Waals surface area contributed by atoms with Crippen molar-refractivity contribution in [3.8, 4) is 22.5 Å². The van der Waals surface area contributed by atoms with Gasteiger partial charge in [0.2, 0.25) is 0 Å². The second-order valence-electron chi connectivity index (χ2n) is 5.33.